The summed E-state index contributed by atoms with van der Waals surface area (Å²) in [7, 11) is -3.85. The van der Waals surface area contributed by atoms with E-state index in [1.54, 1.807) is 12.1 Å². The fraction of sp³-hybridized carbons (Fsp3) is 0.278. The summed E-state index contributed by atoms with van der Waals surface area (Å²) in [6.45, 7) is 6.05. The van der Waals surface area contributed by atoms with Gasteiger partial charge in [-0.3, -0.25) is 0 Å². The molecule has 0 saturated heterocycles. The monoisotopic (exact) mass is 384 g/mol. The minimum Gasteiger partial charge on any atom is -0.200 e. The first kappa shape index (κ1) is 20.0. The van der Waals surface area contributed by atoms with Gasteiger partial charge in [0.25, 0.3) is 10.0 Å². The van der Waals surface area contributed by atoms with Crippen LogP contribution in [0.5, 0.6) is 0 Å². The van der Waals surface area contributed by atoms with Crippen LogP contribution in [0.3, 0.4) is 0 Å². The van der Waals surface area contributed by atoms with Gasteiger partial charge < -0.3 is 0 Å². The zero-order chi connectivity index (χ0) is 19.6. The second kappa shape index (κ2) is 7.11. The van der Waals surface area contributed by atoms with Gasteiger partial charge in [0.15, 0.2) is 0 Å². The second-order valence-electron chi connectivity index (χ2n) is 6.75. The zero-order valence-corrected chi connectivity index (χ0v) is 15.3. The number of nitrogens with one attached hydrogen (secondary N) is 1. The van der Waals surface area contributed by atoms with Crippen LogP contribution < -0.4 is 4.83 Å². The molecule has 0 aliphatic carbocycles. The number of nitrogens with zero attached hydrogens (tertiary/aromatic N) is 1. The molecule has 0 atom stereocenters. The Morgan fingerprint density at radius 3 is 1.85 bits per heavy atom. The lowest BCUT2D eigenvalue weighted by molar-refractivity contribution is -0.137. The van der Waals surface area contributed by atoms with E-state index in [-0.39, 0.29) is 10.3 Å². The van der Waals surface area contributed by atoms with E-state index >= 15 is 0 Å². The molecule has 0 saturated carbocycles. The Balaban J connectivity index is 2.09. The van der Waals surface area contributed by atoms with Crippen molar-refractivity contribution in [3.8, 4) is 0 Å². The van der Waals surface area contributed by atoms with Crippen molar-refractivity contribution < 1.29 is 21.6 Å². The van der Waals surface area contributed by atoms with Crippen LogP contribution in [-0.2, 0) is 21.6 Å². The van der Waals surface area contributed by atoms with E-state index in [9.17, 15) is 21.6 Å². The molecule has 2 rings (SSSR count). The molecule has 0 bridgehead atoms. The van der Waals surface area contributed by atoms with Gasteiger partial charge in [0, 0.05) is 0 Å². The van der Waals surface area contributed by atoms with Gasteiger partial charge in [-0.15, -0.1) is 0 Å². The van der Waals surface area contributed by atoms with Crippen LogP contribution in [0.25, 0.3) is 0 Å². The summed E-state index contributed by atoms with van der Waals surface area (Å²) in [5, 5.41) is 3.61. The minimum absolute atomic E-state index is 0.0510. The minimum atomic E-state index is -4.42. The Kier molecular flexibility index (Phi) is 5.46. The molecule has 8 heteroatoms. The average molecular weight is 384 g/mol. The molecule has 0 fully saturated rings. The van der Waals surface area contributed by atoms with E-state index in [2.05, 4.69) is 5.10 Å². The second-order valence-corrected chi connectivity index (χ2v) is 8.41. The van der Waals surface area contributed by atoms with Crippen LogP contribution in [0, 0.1) is 0 Å². The molecule has 0 unspecified atom stereocenters. The lowest BCUT2D eigenvalue weighted by Crippen LogP contribution is -2.19. The van der Waals surface area contributed by atoms with E-state index in [4.69, 9.17) is 0 Å². The molecule has 0 radical (unpaired) electrons. The van der Waals surface area contributed by atoms with E-state index in [0.717, 1.165) is 23.9 Å². The summed E-state index contributed by atoms with van der Waals surface area (Å²) >= 11 is 0. The van der Waals surface area contributed by atoms with Crippen molar-refractivity contribution >= 4 is 16.2 Å². The predicted octanol–water partition coefficient (Wildman–Crippen LogP) is 4.32. The van der Waals surface area contributed by atoms with Crippen molar-refractivity contribution in [1.29, 1.82) is 0 Å². The molecule has 0 spiro atoms. The van der Waals surface area contributed by atoms with Crippen molar-refractivity contribution in [2.24, 2.45) is 5.10 Å². The Hall–Kier alpha value is -2.35. The largest absolute Gasteiger partial charge is 0.416 e. The van der Waals surface area contributed by atoms with Crippen molar-refractivity contribution in [2.45, 2.75) is 37.3 Å². The average Bonchev–Trinajstić information content (AvgIpc) is 2.54. The third-order valence-corrected chi connectivity index (χ3v) is 4.89. The van der Waals surface area contributed by atoms with Gasteiger partial charge in [0.1, 0.15) is 0 Å². The van der Waals surface area contributed by atoms with Crippen LogP contribution in [0.15, 0.2) is 58.5 Å². The van der Waals surface area contributed by atoms with E-state index in [0.29, 0.717) is 5.56 Å². The van der Waals surface area contributed by atoms with Gasteiger partial charge in [0.05, 0.1) is 16.7 Å². The van der Waals surface area contributed by atoms with Crippen LogP contribution in [-0.4, -0.2) is 14.6 Å². The Morgan fingerprint density at radius 2 is 1.38 bits per heavy atom. The standard InChI is InChI=1S/C18H19F3N2O2S/c1-17(2,3)14-8-10-16(11-9-14)26(24,25)23-22-12-13-4-6-15(7-5-13)18(19,20)21/h4-12,23H,1-3H3. The molecule has 2 aromatic carbocycles. The first-order valence-electron chi connectivity index (χ1n) is 7.72. The van der Waals surface area contributed by atoms with Gasteiger partial charge in [-0.1, -0.05) is 45.0 Å². The molecular formula is C18H19F3N2O2S. The van der Waals surface area contributed by atoms with Crippen molar-refractivity contribution in [2.75, 3.05) is 0 Å². The highest BCUT2D eigenvalue weighted by Gasteiger charge is 2.29. The molecule has 26 heavy (non-hydrogen) atoms. The molecule has 0 aliphatic heterocycles. The smallest absolute Gasteiger partial charge is 0.200 e. The Bertz CT molecular complexity index is 880. The fourth-order valence-electron chi connectivity index (χ4n) is 2.12. The van der Waals surface area contributed by atoms with E-state index in [1.807, 2.05) is 25.6 Å². The third-order valence-electron chi connectivity index (χ3n) is 3.66. The Morgan fingerprint density at radius 1 is 0.885 bits per heavy atom. The molecule has 0 amide bonds. The highest BCUT2D eigenvalue weighted by atomic mass is 32.2. The van der Waals surface area contributed by atoms with Crippen LogP contribution in [0.4, 0.5) is 13.2 Å². The zero-order valence-electron chi connectivity index (χ0n) is 14.5. The lowest BCUT2D eigenvalue weighted by atomic mass is 9.87. The number of alkyl halides is 3. The molecule has 0 heterocycles. The molecular weight excluding hydrogens is 365 g/mol. The van der Waals surface area contributed by atoms with Gasteiger partial charge in [-0.25, -0.2) is 4.83 Å². The number of rotatable bonds is 4. The molecule has 4 nitrogen and oxygen atoms in total. The maximum atomic E-state index is 12.5. The molecule has 0 aromatic heterocycles. The van der Waals surface area contributed by atoms with Gasteiger partial charge >= 0.3 is 6.18 Å². The summed E-state index contributed by atoms with van der Waals surface area (Å²) < 4.78 is 61.9. The highest BCUT2D eigenvalue weighted by Crippen LogP contribution is 2.29. The first-order chi connectivity index (χ1) is 11.9. The van der Waals surface area contributed by atoms with Crippen LogP contribution in [0.1, 0.15) is 37.5 Å². The number of hydrazone groups is 1. The van der Waals surface area contributed by atoms with Gasteiger partial charge in [-0.2, -0.15) is 26.7 Å². The van der Waals surface area contributed by atoms with Crippen molar-refractivity contribution in [1.82, 2.24) is 4.83 Å². The van der Waals surface area contributed by atoms with Crippen molar-refractivity contribution in [3.05, 3.63) is 65.2 Å². The quantitative estimate of drug-likeness (QED) is 0.631. The number of hydrogen-bond donors (Lipinski definition) is 1. The molecule has 0 aliphatic rings. The maximum Gasteiger partial charge on any atom is 0.416 e. The van der Waals surface area contributed by atoms with Crippen LogP contribution >= 0.6 is 0 Å². The summed E-state index contributed by atoms with van der Waals surface area (Å²) in [6.07, 6.45) is -3.28. The summed E-state index contributed by atoms with van der Waals surface area (Å²) in [5.41, 5.74) is 0.443. The predicted molar refractivity (Wildman–Crippen MR) is 94.5 cm³/mol. The number of halogens is 3. The van der Waals surface area contributed by atoms with Gasteiger partial charge in [-0.05, 0) is 40.8 Å². The van der Waals surface area contributed by atoms with Crippen LogP contribution in [0.2, 0.25) is 0 Å². The lowest BCUT2D eigenvalue weighted by Gasteiger charge is -2.19. The summed E-state index contributed by atoms with van der Waals surface area (Å²) in [4.78, 5) is 2.10. The first-order valence-corrected chi connectivity index (χ1v) is 9.20. The SMILES string of the molecule is CC(C)(C)c1ccc(S(=O)(=O)NN=Cc2ccc(C(F)(F)F)cc2)cc1. The topological polar surface area (TPSA) is 58.5 Å². The van der Waals surface area contributed by atoms with Crippen molar-refractivity contribution in [3.63, 3.8) is 0 Å². The van der Waals surface area contributed by atoms with E-state index in [1.165, 1.54) is 24.3 Å². The molecule has 140 valence electrons. The number of hydrogen-bond acceptors (Lipinski definition) is 3. The highest BCUT2D eigenvalue weighted by molar-refractivity contribution is 7.89. The Labute approximate surface area is 150 Å². The maximum absolute atomic E-state index is 12.5. The number of sulfonamides is 1. The molecule has 2 aromatic rings. The molecule has 1 N–H and O–H groups in total. The van der Waals surface area contributed by atoms with Gasteiger partial charge in [0.2, 0.25) is 0 Å². The number of benzene rings is 2. The fourth-order valence-corrected chi connectivity index (χ4v) is 2.91. The summed E-state index contributed by atoms with van der Waals surface area (Å²) in [6, 6.07) is 10.6. The van der Waals surface area contributed by atoms with E-state index < -0.39 is 21.8 Å². The summed E-state index contributed by atoms with van der Waals surface area (Å²) in [5.74, 6) is 0. The third kappa shape index (κ3) is 5.08. The normalized spacial score (nSPS) is 13.2.